The molecule has 0 fully saturated rings. The van der Waals surface area contributed by atoms with Gasteiger partial charge in [-0.3, -0.25) is 0 Å². The van der Waals surface area contributed by atoms with Crippen LogP contribution >= 0.6 is 11.6 Å². The van der Waals surface area contributed by atoms with Gasteiger partial charge in [0.15, 0.2) is 0 Å². The number of aliphatic hydroxyl groups excluding tert-OH is 2. The van der Waals surface area contributed by atoms with Gasteiger partial charge in [-0.25, -0.2) is 0 Å². The van der Waals surface area contributed by atoms with Gasteiger partial charge in [0.1, 0.15) is 5.75 Å². The normalized spacial score (nSPS) is 12.6. The summed E-state index contributed by atoms with van der Waals surface area (Å²) in [5.41, 5.74) is 0.532. The maximum Gasteiger partial charge on any atom is 0.387 e. The van der Waals surface area contributed by atoms with Gasteiger partial charge in [-0.05, 0) is 18.2 Å². The molecule has 1 unspecified atom stereocenters. The van der Waals surface area contributed by atoms with Crippen LogP contribution in [0, 0.1) is 0 Å². The zero-order valence-corrected chi connectivity index (χ0v) is 9.49. The van der Waals surface area contributed by atoms with E-state index < -0.39 is 12.7 Å². The van der Waals surface area contributed by atoms with Gasteiger partial charge in [0.25, 0.3) is 0 Å². The smallest absolute Gasteiger partial charge is 0.387 e. The van der Waals surface area contributed by atoms with E-state index in [0.717, 1.165) is 0 Å². The van der Waals surface area contributed by atoms with Crippen molar-refractivity contribution in [3.05, 3.63) is 23.2 Å². The number of hydrogen-bond donors (Lipinski definition) is 3. The first-order chi connectivity index (χ1) is 8.02. The van der Waals surface area contributed by atoms with Gasteiger partial charge in [0.05, 0.1) is 17.7 Å². The molecule has 0 aliphatic heterocycles. The molecular formula is C10H12ClF2NO3. The van der Waals surface area contributed by atoms with Crippen LogP contribution in [0.15, 0.2) is 18.2 Å². The predicted molar refractivity (Wildman–Crippen MR) is 59.7 cm³/mol. The molecule has 0 aromatic heterocycles. The summed E-state index contributed by atoms with van der Waals surface area (Å²) in [6, 6.07) is 4.17. The molecule has 0 aliphatic carbocycles. The van der Waals surface area contributed by atoms with Crippen LogP contribution in [0.3, 0.4) is 0 Å². The van der Waals surface area contributed by atoms with Crippen molar-refractivity contribution >= 4 is 17.3 Å². The Hall–Kier alpha value is -1.11. The molecule has 0 amide bonds. The van der Waals surface area contributed by atoms with Gasteiger partial charge in [-0.15, -0.1) is 0 Å². The molecule has 0 radical (unpaired) electrons. The average molecular weight is 268 g/mol. The fourth-order valence-electron chi connectivity index (χ4n) is 1.10. The molecule has 1 aromatic carbocycles. The first-order valence-corrected chi connectivity index (χ1v) is 5.18. The first-order valence-electron chi connectivity index (χ1n) is 4.80. The highest BCUT2D eigenvalue weighted by molar-refractivity contribution is 6.32. The van der Waals surface area contributed by atoms with Gasteiger partial charge in [0.2, 0.25) is 0 Å². The average Bonchev–Trinajstić information content (AvgIpc) is 2.28. The molecule has 4 nitrogen and oxygen atoms in total. The van der Waals surface area contributed by atoms with E-state index in [-0.39, 0.29) is 23.9 Å². The van der Waals surface area contributed by atoms with Crippen molar-refractivity contribution in [1.82, 2.24) is 0 Å². The van der Waals surface area contributed by atoms with Crippen molar-refractivity contribution in [1.29, 1.82) is 0 Å². The predicted octanol–water partition coefficient (Wildman–Crippen LogP) is 1.71. The first kappa shape index (κ1) is 14.0. The number of rotatable bonds is 6. The van der Waals surface area contributed by atoms with Crippen LogP contribution in [0.4, 0.5) is 14.5 Å². The number of ether oxygens (including phenoxy) is 1. The molecule has 0 aliphatic rings. The van der Waals surface area contributed by atoms with Crippen molar-refractivity contribution in [2.45, 2.75) is 12.7 Å². The standard InChI is InChI=1S/C10H12ClF2NO3/c11-8-3-6(14-4-7(16)5-15)1-2-9(8)17-10(12)13/h1-3,7,10,14-16H,4-5H2. The molecule has 0 bridgehead atoms. The van der Waals surface area contributed by atoms with E-state index in [1.165, 1.54) is 18.2 Å². The largest absolute Gasteiger partial charge is 0.433 e. The van der Waals surface area contributed by atoms with Gasteiger partial charge in [0, 0.05) is 12.2 Å². The minimum atomic E-state index is -2.93. The highest BCUT2D eigenvalue weighted by atomic mass is 35.5. The molecule has 0 saturated heterocycles. The van der Waals surface area contributed by atoms with Crippen molar-refractivity contribution in [3.63, 3.8) is 0 Å². The monoisotopic (exact) mass is 267 g/mol. The van der Waals surface area contributed by atoms with Gasteiger partial charge in [-0.1, -0.05) is 11.6 Å². The maximum atomic E-state index is 11.9. The summed E-state index contributed by atoms with van der Waals surface area (Å²) < 4.78 is 28.1. The Bertz CT molecular complexity index is 365. The van der Waals surface area contributed by atoms with Crippen LogP contribution in [0.25, 0.3) is 0 Å². The number of hydrogen-bond acceptors (Lipinski definition) is 4. The Morgan fingerprint density at radius 2 is 2.12 bits per heavy atom. The third-order valence-electron chi connectivity index (χ3n) is 1.90. The van der Waals surface area contributed by atoms with E-state index in [2.05, 4.69) is 10.1 Å². The fourth-order valence-corrected chi connectivity index (χ4v) is 1.33. The summed E-state index contributed by atoms with van der Waals surface area (Å²) in [6.45, 7) is -3.17. The van der Waals surface area contributed by atoms with E-state index in [4.69, 9.17) is 21.8 Å². The molecule has 0 heterocycles. The molecular weight excluding hydrogens is 256 g/mol. The van der Waals surface area contributed by atoms with Crippen molar-refractivity contribution in [2.75, 3.05) is 18.5 Å². The zero-order chi connectivity index (χ0) is 12.8. The third kappa shape index (κ3) is 4.72. The number of halogens is 3. The van der Waals surface area contributed by atoms with Crippen molar-refractivity contribution < 1.29 is 23.7 Å². The van der Waals surface area contributed by atoms with E-state index in [0.29, 0.717) is 5.69 Å². The lowest BCUT2D eigenvalue weighted by Crippen LogP contribution is -2.22. The highest BCUT2D eigenvalue weighted by Gasteiger charge is 2.09. The summed E-state index contributed by atoms with van der Waals surface area (Å²) in [5, 5.41) is 20.5. The molecule has 1 aromatic rings. The van der Waals surface area contributed by atoms with E-state index in [1.807, 2.05) is 0 Å². The second-order valence-electron chi connectivity index (χ2n) is 3.24. The minimum Gasteiger partial charge on any atom is -0.433 e. The summed E-state index contributed by atoms with van der Waals surface area (Å²) in [6.07, 6.45) is -0.897. The Balaban J connectivity index is 2.62. The van der Waals surface area contributed by atoms with Crippen LogP contribution in [0.2, 0.25) is 5.02 Å². The number of alkyl halides is 2. The number of benzene rings is 1. The molecule has 1 atom stereocenters. The second kappa shape index (κ2) is 6.58. The second-order valence-corrected chi connectivity index (χ2v) is 3.65. The highest BCUT2D eigenvalue weighted by Crippen LogP contribution is 2.28. The number of aliphatic hydroxyl groups is 2. The summed E-state index contributed by atoms with van der Waals surface area (Å²) in [5.74, 6) is -0.116. The maximum absolute atomic E-state index is 11.9. The van der Waals surface area contributed by atoms with Crippen molar-refractivity contribution in [3.8, 4) is 5.75 Å². The van der Waals surface area contributed by atoms with E-state index in [1.54, 1.807) is 0 Å². The summed E-state index contributed by atoms with van der Waals surface area (Å²) >= 11 is 5.71. The van der Waals surface area contributed by atoms with Gasteiger partial charge in [-0.2, -0.15) is 8.78 Å². The fraction of sp³-hybridized carbons (Fsp3) is 0.400. The lowest BCUT2D eigenvalue weighted by atomic mass is 10.3. The molecule has 0 spiro atoms. The molecule has 96 valence electrons. The minimum absolute atomic E-state index is 0.0359. The molecule has 1 rings (SSSR count). The lowest BCUT2D eigenvalue weighted by Gasteiger charge is -2.12. The number of nitrogens with one attached hydrogen (secondary N) is 1. The van der Waals surface area contributed by atoms with Gasteiger partial charge >= 0.3 is 6.61 Å². The Morgan fingerprint density at radius 3 is 2.65 bits per heavy atom. The van der Waals surface area contributed by atoms with Crippen LogP contribution in [0.1, 0.15) is 0 Å². The number of anilines is 1. The summed E-state index contributed by atoms with van der Waals surface area (Å²) in [4.78, 5) is 0. The third-order valence-corrected chi connectivity index (χ3v) is 2.20. The molecule has 17 heavy (non-hydrogen) atoms. The van der Waals surface area contributed by atoms with Crippen LogP contribution in [0.5, 0.6) is 5.75 Å². The van der Waals surface area contributed by atoms with E-state index in [9.17, 15) is 8.78 Å². The SMILES string of the molecule is OCC(O)CNc1ccc(OC(F)F)c(Cl)c1. The Labute approximate surface area is 102 Å². The van der Waals surface area contributed by atoms with Gasteiger partial charge < -0.3 is 20.3 Å². The molecule has 3 N–H and O–H groups in total. The molecule has 0 saturated carbocycles. The molecule has 7 heteroatoms. The quantitative estimate of drug-likeness (QED) is 0.734. The topological polar surface area (TPSA) is 61.7 Å². The van der Waals surface area contributed by atoms with Crippen LogP contribution in [-0.2, 0) is 0 Å². The summed E-state index contributed by atoms with van der Waals surface area (Å²) in [7, 11) is 0. The lowest BCUT2D eigenvalue weighted by molar-refractivity contribution is -0.0497. The Morgan fingerprint density at radius 1 is 1.41 bits per heavy atom. The van der Waals surface area contributed by atoms with E-state index >= 15 is 0 Å². The van der Waals surface area contributed by atoms with Crippen LogP contribution in [-0.4, -0.2) is 36.1 Å². The van der Waals surface area contributed by atoms with Crippen LogP contribution < -0.4 is 10.1 Å². The Kier molecular flexibility index (Phi) is 5.40. The van der Waals surface area contributed by atoms with Crippen molar-refractivity contribution in [2.24, 2.45) is 0 Å². The zero-order valence-electron chi connectivity index (χ0n) is 8.74.